The molecule has 2 aromatic carbocycles. The van der Waals surface area contributed by atoms with E-state index in [0.29, 0.717) is 0 Å². The Morgan fingerprint density at radius 1 is 0.909 bits per heavy atom. The SMILES string of the molecule is CN(C)c1ncc2cc(-c3ccc4ncsc4c3)ccc2n1. The number of anilines is 1. The molecule has 4 aromatic rings. The fraction of sp³-hybridized carbons (Fsp3) is 0.118. The zero-order valence-corrected chi connectivity index (χ0v) is 13.1. The molecule has 4 nitrogen and oxygen atoms in total. The van der Waals surface area contributed by atoms with Crippen molar-refractivity contribution < 1.29 is 0 Å². The predicted molar refractivity (Wildman–Crippen MR) is 92.5 cm³/mol. The van der Waals surface area contributed by atoms with Gasteiger partial charge in [-0.1, -0.05) is 12.1 Å². The van der Waals surface area contributed by atoms with E-state index >= 15 is 0 Å². The molecule has 2 aromatic heterocycles. The lowest BCUT2D eigenvalue weighted by Crippen LogP contribution is -2.12. The summed E-state index contributed by atoms with van der Waals surface area (Å²) in [6.45, 7) is 0. The van der Waals surface area contributed by atoms with Gasteiger partial charge in [0.15, 0.2) is 0 Å². The average Bonchev–Trinajstić information content (AvgIpc) is 3.01. The molecule has 0 atom stereocenters. The third-order valence-electron chi connectivity index (χ3n) is 3.63. The molecule has 0 N–H and O–H groups in total. The minimum absolute atomic E-state index is 0.728. The van der Waals surface area contributed by atoms with E-state index in [2.05, 4.69) is 51.4 Å². The molecule has 0 aliphatic heterocycles. The third-order valence-corrected chi connectivity index (χ3v) is 4.42. The Bertz CT molecular complexity index is 975. The minimum atomic E-state index is 0.728. The first-order valence-corrected chi connectivity index (χ1v) is 7.86. The van der Waals surface area contributed by atoms with Crippen LogP contribution in [0, 0.1) is 0 Å². The second-order valence-electron chi connectivity index (χ2n) is 5.37. The first kappa shape index (κ1) is 13.2. The highest BCUT2D eigenvalue weighted by atomic mass is 32.1. The number of thiazole rings is 1. The van der Waals surface area contributed by atoms with Crippen LogP contribution in [-0.2, 0) is 0 Å². The highest BCUT2D eigenvalue weighted by Crippen LogP contribution is 2.28. The van der Waals surface area contributed by atoms with Crippen LogP contribution >= 0.6 is 11.3 Å². The summed E-state index contributed by atoms with van der Waals surface area (Å²) in [6.07, 6.45) is 1.88. The molecule has 0 unspecified atom stereocenters. The topological polar surface area (TPSA) is 41.9 Å². The van der Waals surface area contributed by atoms with E-state index in [1.165, 1.54) is 15.8 Å². The summed E-state index contributed by atoms with van der Waals surface area (Å²) in [5, 5.41) is 1.05. The van der Waals surface area contributed by atoms with Crippen molar-refractivity contribution in [1.82, 2.24) is 15.0 Å². The summed E-state index contributed by atoms with van der Waals surface area (Å²) in [5.74, 6) is 0.728. The van der Waals surface area contributed by atoms with Gasteiger partial charge in [0.25, 0.3) is 0 Å². The van der Waals surface area contributed by atoms with Crippen LogP contribution in [0.4, 0.5) is 5.95 Å². The van der Waals surface area contributed by atoms with E-state index in [-0.39, 0.29) is 0 Å². The van der Waals surface area contributed by atoms with Crippen molar-refractivity contribution in [3.8, 4) is 11.1 Å². The van der Waals surface area contributed by atoms with Crippen molar-refractivity contribution in [2.45, 2.75) is 0 Å². The second-order valence-corrected chi connectivity index (χ2v) is 6.26. The molecule has 0 saturated heterocycles. The maximum Gasteiger partial charge on any atom is 0.225 e. The average molecular weight is 306 g/mol. The number of benzene rings is 2. The molecule has 22 heavy (non-hydrogen) atoms. The second kappa shape index (κ2) is 5.03. The Labute approximate surface area is 132 Å². The summed E-state index contributed by atoms with van der Waals surface area (Å²) in [5.41, 5.74) is 6.25. The van der Waals surface area contributed by atoms with Crippen LogP contribution in [0.25, 0.3) is 32.2 Å². The van der Waals surface area contributed by atoms with Gasteiger partial charge in [-0.05, 0) is 35.4 Å². The fourth-order valence-electron chi connectivity index (χ4n) is 2.45. The van der Waals surface area contributed by atoms with Gasteiger partial charge in [-0.25, -0.2) is 15.0 Å². The van der Waals surface area contributed by atoms with Crippen molar-refractivity contribution >= 4 is 38.4 Å². The number of aromatic nitrogens is 3. The Morgan fingerprint density at radius 3 is 2.50 bits per heavy atom. The van der Waals surface area contributed by atoms with Crippen molar-refractivity contribution in [1.29, 1.82) is 0 Å². The first-order chi connectivity index (χ1) is 10.7. The number of rotatable bonds is 2. The predicted octanol–water partition coefficient (Wildman–Crippen LogP) is 3.97. The van der Waals surface area contributed by atoms with E-state index < -0.39 is 0 Å². The summed E-state index contributed by atoms with van der Waals surface area (Å²) in [4.78, 5) is 15.2. The van der Waals surface area contributed by atoms with Crippen molar-refractivity contribution in [2.24, 2.45) is 0 Å². The molecule has 2 heterocycles. The molecular weight excluding hydrogens is 292 g/mol. The van der Waals surface area contributed by atoms with Gasteiger partial charge in [0.2, 0.25) is 5.95 Å². The van der Waals surface area contributed by atoms with Crippen LogP contribution in [0.3, 0.4) is 0 Å². The van der Waals surface area contributed by atoms with E-state index in [1.54, 1.807) is 11.3 Å². The van der Waals surface area contributed by atoms with Crippen LogP contribution in [0.5, 0.6) is 0 Å². The quantitative estimate of drug-likeness (QED) is 0.562. The Kier molecular flexibility index (Phi) is 3.01. The smallest absolute Gasteiger partial charge is 0.225 e. The van der Waals surface area contributed by atoms with Gasteiger partial charge in [-0.3, -0.25) is 0 Å². The Morgan fingerprint density at radius 2 is 1.68 bits per heavy atom. The molecule has 0 fully saturated rings. The number of nitrogens with zero attached hydrogens (tertiary/aromatic N) is 4. The number of fused-ring (bicyclic) bond motifs is 2. The molecule has 108 valence electrons. The normalized spacial score (nSPS) is 11.2. The van der Waals surface area contributed by atoms with Gasteiger partial charge >= 0.3 is 0 Å². The van der Waals surface area contributed by atoms with Crippen molar-refractivity contribution in [3.05, 3.63) is 48.1 Å². The van der Waals surface area contributed by atoms with Gasteiger partial charge in [0.1, 0.15) is 0 Å². The first-order valence-electron chi connectivity index (χ1n) is 6.98. The highest BCUT2D eigenvalue weighted by Gasteiger charge is 2.05. The van der Waals surface area contributed by atoms with E-state index in [4.69, 9.17) is 0 Å². The number of hydrogen-bond acceptors (Lipinski definition) is 5. The molecule has 0 amide bonds. The molecule has 0 bridgehead atoms. The summed E-state index contributed by atoms with van der Waals surface area (Å²) < 4.78 is 1.21. The van der Waals surface area contributed by atoms with Gasteiger partial charge < -0.3 is 4.90 Å². The van der Waals surface area contributed by atoms with Crippen molar-refractivity contribution in [2.75, 3.05) is 19.0 Å². The molecule has 5 heteroatoms. The zero-order valence-electron chi connectivity index (χ0n) is 12.3. The van der Waals surface area contributed by atoms with Gasteiger partial charge in [-0.2, -0.15) is 0 Å². The summed E-state index contributed by atoms with van der Waals surface area (Å²) in [6, 6.07) is 12.7. The third kappa shape index (κ3) is 2.19. The lowest BCUT2D eigenvalue weighted by Gasteiger charge is -2.10. The Hall–Kier alpha value is -2.53. The summed E-state index contributed by atoms with van der Waals surface area (Å²) >= 11 is 1.66. The van der Waals surface area contributed by atoms with Crippen LogP contribution in [0.15, 0.2) is 48.1 Å². The van der Waals surface area contributed by atoms with E-state index in [0.717, 1.165) is 22.4 Å². The van der Waals surface area contributed by atoms with Crippen LogP contribution in [0.2, 0.25) is 0 Å². The van der Waals surface area contributed by atoms with Crippen LogP contribution < -0.4 is 4.90 Å². The zero-order chi connectivity index (χ0) is 15.1. The van der Waals surface area contributed by atoms with Gasteiger partial charge in [0.05, 0.1) is 21.2 Å². The summed E-state index contributed by atoms with van der Waals surface area (Å²) in [7, 11) is 3.89. The lowest BCUT2D eigenvalue weighted by molar-refractivity contribution is 1.02. The monoisotopic (exact) mass is 306 g/mol. The lowest BCUT2D eigenvalue weighted by atomic mass is 10.0. The fourth-order valence-corrected chi connectivity index (χ4v) is 3.17. The molecule has 0 saturated carbocycles. The van der Waals surface area contributed by atoms with Crippen molar-refractivity contribution in [3.63, 3.8) is 0 Å². The maximum absolute atomic E-state index is 4.56. The van der Waals surface area contributed by atoms with Gasteiger partial charge in [-0.15, -0.1) is 11.3 Å². The van der Waals surface area contributed by atoms with E-state index in [9.17, 15) is 0 Å². The maximum atomic E-state index is 4.56. The molecule has 0 aliphatic carbocycles. The van der Waals surface area contributed by atoms with Gasteiger partial charge in [0, 0.05) is 25.7 Å². The molecule has 0 aliphatic rings. The molecule has 0 radical (unpaired) electrons. The minimum Gasteiger partial charge on any atom is -0.347 e. The van der Waals surface area contributed by atoms with E-state index in [1.807, 2.05) is 30.7 Å². The number of hydrogen-bond donors (Lipinski definition) is 0. The molecular formula is C17H14N4S. The van der Waals surface area contributed by atoms with Crippen LogP contribution in [0.1, 0.15) is 0 Å². The molecule has 4 rings (SSSR count). The highest BCUT2D eigenvalue weighted by molar-refractivity contribution is 7.16. The van der Waals surface area contributed by atoms with Crippen LogP contribution in [-0.4, -0.2) is 29.0 Å². The standard InChI is InChI=1S/C17H14N4S/c1-21(2)17-18-9-13-7-11(3-5-14(13)20-17)12-4-6-15-16(8-12)22-10-19-15/h3-10H,1-2H3. The molecule has 0 spiro atoms. The Balaban J connectivity index is 1.83. The largest absolute Gasteiger partial charge is 0.347 e.